The van der Waals surface area contributed by atoms with E-state index in [2.05, 4.69) is 20.8 Å². The highest BCUT2D eigenvalue weighted by atomic mass is 35.5. The number of aromatic nitrogens is 3. The molecule has 0 aliphatic heterocycles. The van der Waals surface area contributed by atoms with E-state index in [1.807, 2.05) is 30.3 Å². The molecule has 0 aliphatic rings. The quantitative estimate of drug-likeness (QED) is 0.299. The Kier molecular flexibility index (Phi) is 8.02. The third kappa shape index (κ3) is 6.19. The van der Waals surface area contributed by atoms with E-state index in [1.54, 1.807) is 22.8 Å². The van der Waals surface area contributed by atoms with Crippen LogP contribution in [0, 0.1) is 5.82 Å². The van der Waals surface area contributed by atoms with Gasteiger partial charge in [0, 0.05) is 10.7 Å². The van der Waals surface area contributed by atoms with Crippen molar-refractivity contribution in [3.63, 3.8) is 0 Å². The second kappa shape index (κ2) is 11.4. The third-order valence-electron chi connectivity index (χ3n) is 4.78. The number of carbonyl (C=O) groups is 2. The Hall–Kier alpha value is -3.40. The van der Waals surface area contributed by atoms with E-state index in [-0.39, 0.29) is 28.6 Å². The Bertz CT molecular complexity index is 1370. The van der Waals surface area contributed by atoms with Crippen LogP contribution in [0.3, 0.4) is 0 Å². The highest BCUT2D eigenvalue weighted by molar-refractivity contribution is 7.99. The highest BCUT2D eigenvalue weighted by Crippen LogP contribution is 2.24. The number of rotatable bonds is 8. The first-order chi connectivity index (χ1) is 16.9. The monoisotopic (exact) mass is 529 g/mol. The molecule has 2 N–H and O–H groups in total. The Morgan fingerprint density at radius 2 is 1.71 bits per heavy atom. The molecule has 4 rings (SSSR count). The average Bonchev–Trinajstić information content (AvgIpc) is 3.26. The molecule has 0 aliphatic carbocycles. The van der Waals surface area contributed by atoms with Crippen LogP contribution in [0.4, 0.5) is 10.1 Å². The lowest BCUT2D eigenvalue weighted by Crippen LogP contribution is -2.25. The summed E-state index contributed by atoms with van der Waals surface area (Å²) in [6, 6.07) is 19.8. The van der Waals surface area contributed by atoms with Crippen LogP contribution >= 0.6 is 35.0 Å². The molecule has 0 radical (unpaired) electrons. The summed E-state index contributed by atoms with van der Waals surface area (Å²) in [5, 5.41) is 14.8. The van der Waals surface area contributed by atoms with Gasteiger partial charge in [0.05, 0.1) is 28.6 Å². The summed E-state index contributed by atoms with van der Waals surface area (Å²) in [4.78, 5) is 25.0. The molecule has 0 atom stereocenters. The Balaban J connectivity index is 1.49. The predicted molar refractivity (Wildman–Crippen MR) is 135 cm³/mol. The van der Waals surface area contributed by atoms with Gasteiger partial charge >= 0.3 is 0 Å². The van der Waals surface area contributed by atoms with Crippen molar-refractivity contribution < 1.29 is 14.0 Å². The van der Waals surface area contributed by atoms with E-state index in [0.717, 1.165) is 17.4 Å². The van der Waals surface area contributed by atoms with Crippen molar-refractivity contribution >= 4 is 52.5 Å². The van der Waals surface area contributed by atoms with Crippen LogP contribution in [0.1, 0.15) is 16.2 Å². The number of benzene rings is 3. The maximum Gasteiger partial charge on any atom is 0.253 e. The number of nitrogens with one attached hydrogen (secondary N) is 2. The van der Waals surface area contributed by atoms with Crippen LogP contribution in [0.2, 0.25) is 10.0 Å². The standard InChI is InChI=1S/C24H18Cl2FN5O2S/c25-15-10-11-17(18(26)12-15)23(34)28-13-21-30-31-24(32(21)16-6-2-1-3-7-16)35-14-22(33)29-20-9-5-4-8-19(20)27/h1-12H,13-14H2,(H,28,34)(H,29,33). The lowest BCUT2D eigenvalue weighted by atomic mass is 10.2. The van der Waals surface area contributed by atoms with E-state index in [1.165, 1.54) is 24.3 Å². The number of amides is 2. The predicted octanol–water partition coefficient (Wildman–Crippen LogP) is 5.37. The second-order valence-electron chi connectivity index (χ2n) is 7.19. The zero-order chi connectivity index (χ0) is 24.8. The summed E-state index contributed by atoms with van der Waals surface area (Å²) >= 11 is 13.2. The minimum absolute atomic E-state index is 0.0218. The van der Waals surface area contributed by atoms with Crippen LogP contribution in [0.25, 0.3) is 5.69 Å². The fourth-order valence-corrected chi connectivity index (χ4v) is 4.42. The number of anilines is 1. The molecule has 3 aromatic carbocycles. The van der Waals surface area contributed by atoms with Crippen molar-refractivity contribution in [1.82, 2.24) is 20.1 Å². The van der Waals surface area contributed by atoms with Gasteiger partial charge in [0.2, 0.25) is 5.91 Å². The Labute approximate surface area is 214 Å². The van der Waals surface area contributed by atoms with Gasteiger partial charge in [-0.05, 0) is 42.5 Å². The van der Waals surface area contributed by atoms with Crippen molar-refractivity contribution in [1.29, 1.82) is 0 Å². The van der Waals surface area contributed by atoms with Crippen molar-refractivity contribution in [2.75, 3.05) is 11.1 Å². The number of hydrogen-bond donors (Lipinski definition) is 2. The molecule has 0 spiro atoms. The van der Waals surface area contributed by atoms with Gasteiger partial charge < -0.3 is 10.6 Å². The number of nitrogens with zero attached hydrogens (tertiary/aromatic N) is 3. The smallest absolute Gasteiger partial charge is 0.253 e. The molecule has 1 heterocycles. The summed E-state index contributed by atoms with van der Waals surface area (Å²) in [5.74, 6) is -0.877. The molecule has 0 fully saturated rings. The molecule has 7 nitrogen and oxygen atoms in total. The molecule has 0 bridgehead atoms. The fourth-order valence-electron chi connectivity index (χ4n) is 3.15. The minimum atomic E-state index is -0.517. The van der Waals surface area contributed by atoms with E-state index in [4.69, 9.17) is 23.2 Å². The zero-order valence-corrected chi connectivity index (χ0v) is 20.4. The normalized spacial score (nSPS) is 10.7. The number of para-hydroxylation sites is 2. The van der Waals surface area contributed by atoms with Gasteiger partial charge in [-0.15, -0.1) is 10.2 Å². The first-order valence-corrected chi connectivity index (χ1v) is 12.1. The molecule has 4 aromatic rings. The van der Waals surface area contributed by atoms with Gasteiger partial charge in [-0.3, -0.25) is 14.2 Å². The maximum atomic E-state index is 13.8. The summed E-state index contributed by atoms with van der Waals surface area (Å²) in [6.07, 6.45) is 0. The summed E-state index contributed by atoms with van der Waals surface area (Å²) < 4.78 is 15.6. The molecule has 0 unspecified atom stereocenters. The van der Waals surface area contributed by atoms with Gasteiger partial charge in [0.25, 0.3) is 5.91 Å². The van der Waals surface area contributed by atoms with Crippen LogP contribution in [0.15, 0.2) is 78.0 Å². The van der Waals surface area contributed by atoms with Gasteiger partial charge in [0.1, 0.15) is 5.82 Å². The lowest BCUT2D eigenvalue weighted by molar-refractivity contribution is -0.113. The van der Waals surface area contributed by atoms with Crippen LogP contribution in [0.5, 0.6) is 0 Å². The molecular weight excluding hydrogens is 512 g/mol. The van der Waals surface area contributed by atoms with E-state index in [9.17, 15) is 14.0 Å². The molecule has 0 saturated carbocycles. The minimum Gasteiger partial charge on any atom is -0.345 e. The molecule has 178 valence electrons. The molecule has 2 amide bonds. The molecular formula is C24H18Cl2FN5O2S. The number of hydrogen-bond acceptors (Lipinski definition) is 5. The molecule has 1 aromatic heterocycles. The van der Waals surface area contributed by atoms with Gasteiger partial charge in [0.15, 0.2) is 11.0 Å². The number of halogens is 3. The van der Waals surface area contributed by atoms with Crippen molar-refractivity contribution in [3.05, 3.63) is 100 Å². The lowest BCUT2D eigenvalue weighted by Gasteiger charge is -2.11. The second-order valence-corrected chi connectivity index (χ2v) is 8.98. The molecule has 11 heteroatoms. The SMILES string of the molecule is O=C(CSc1nnc(CNC(=O)c2ccc(Cl)cc2Cl)n1-c1ccccc1)Nc1ccccc1F. The van der Waals surface area contributed by atoms with Crippen LogP contribution in [-0.2, 0) is 11.3 Å². The van der Waals surface area contributed by atoms with Crippen LogP contribution in [-0.4, -0.2) is 32.3 Å². The van der Waals surface area contributed by atoms with Crippen molar-refractivity contribution in [3.8, 4) is 5.69 Å². The zero-order valence-electron chi connectivity index (χ0n) is 18.0. The third-order valence-corrected chi connectivity index (χ3v) is 6.25. The highest BCUT2D eigenvalue weighted by Gasteiger charge is 2.18. The Morgan fingerprint density at radius 3 is 2.46 bits per heavy atom. The molecule has 0 saturated heterocycles. The number of carbonyl (C=O) groups excluding carboxylic acids is 2. The Morgan fingerprint density at radius 1 is 0.971 bits per heavy atom. The van der Waals surface area contributed by atoms with Gasteiger partial charge in [-0.1, -0.05) is 65.3 Å². The van der Waals surface area contributed by atoms with E-state index >= 15 is 0 Å². The maximum absolute atomic E-state index is 13.8. The van der Waals surface area contributed by atoms with Gasteiger partial charge in [-0.25, -0.2) is 4.39 Å². The van der Waals surface area contributed by atoms with Crippen molar-refractivity contribution in [2.24, 2.45) is 0 Å². The summed E-state index contributed by atoms with van der Waals surface area (Å²) in [7, 11) is 0. The first kappa shape index (κ1) is 24.7. The van der Waals surface area contributed by atoms with Crippen LogP contribution < -0.4 is 10.6 Å². The first-order valence-electron chi connectivity index (χ1n) is 10.3. The van der Waals surface area contributed by atoms with E-state index < -0.39 is 17.6 Å². The average molecular weight is 530 g/mol. The fraction of sp³-hybridized carbons (Fsp3) is 0.0833. The number of thioether (sulfide) groups is 1. The van der Waals surface area contributed by atoms with E-state index in [0.29, 0.717) is 16.0 Å². The molecule has 35 heavy (non-hydrogen) atoms. The summed E-state index contributed by atoms with van der Waals surface area (Å²) in [5.41, 5.74) is 1.14. The topological polar surface area (TPSA) is 88.9 Å². The van der Waals surface area contributed by atoms with Gasteiger partial charge in [-0.2, -0.15) is 0 Å². The largest absolute Gasteiger partial charge is 0.345 e. The van der Waals surface area contributed by atoms with Crippen molar-refractivity contribution in [2.45, 2.75) is 11.7 Å². The summed E-state index contributed by atoms with van der Waals surface area (Å²) in [6.45, 7) is 0.0572.